The third-order valence-corrected chi connectivity index (χ3v) is 2.02. The van der Waals surface area contributed by atoms with Crippen LogP contribution in [0, 0.1) is 5.92 Å². The molecule has 0 amide bonds. The molecule has 0 radical (unpaired) electrons. The second kappa shape index (κ2) is 3.12. The molecule has 0 heterocycles. The summed E-state index contributed by atoms with van der Waals surface area (Å²) in [6, 6.07) is 0.120. The van der Waals surface area contributed by atoms with Crippen LogP contribution < -0.4 is 5.73 Å². The zero-order valence-corrected chi connectivity index (χ0v) is 5.92. The number of hydrogen-bond acceptors (Lipinski definition) is 3. The van der Waals surface area contributed by atoms with Gasteiger partial charge in [-0.1, -0.05) is 0 Å². The maximum Gasteiger partial charge on any atom is 0.138 e. The zero-order chi connectivity index (χ0) is 7.56. The highest BCUT2D eigenvalue weighted by molar-refractivity contribution is 5.81. The number of carbonyl (C=O) groups is 1. The van der Waals surface area contributed by atoms with E-state index in [0.29, 0.717) is 12.8 Å². The summed E-state index contributed by atoms with van der Waals surface area (Å²) >= 11 is 0. The molecule has 0 aliphatic heterocycles. The van der Waals surface area contributed by atoms with Crippen LogP contribution in [-0.4, -0.2) is 23.5 Å². The lowest BCUT2D eigenvalue weighted by Gasteiger charge is -2.23. The molecule has 0 aromatic rings. The molecule has 1 saturated carbocycles. The summed E-state index contributed by atoms with van der Waals surface area (Å²) < 4.78 is 0. The van der Waals surface area contributed by atoms with Gasteiger partial charge in [-0.3, -0.25) is 4.79 Å². The van der Waals surface area contributed by atoms with Crippen molar-refractivity contribution in [3.63, 3.8) is 0 Å². The van der Waals surface area contributed by atoms with E-state index < -0.39 is 0 Å². The Morgan fingerprint density at radius 1 is 1.70 bits per heavy atom. The van der Waals surface area contributed by atoms with E-state index in [0.717, 1.165) is 6.42 Å². The van der Waals surface area contributed by atoms with Gasteiger partial charge in [0.2, 0.25) is 0 Å². The Hall–Kier alpha value is -0.410. The number of ketones is 1. The summed E-state index contributed by atoms with van der Waals surface area (Å²) in [6.45, 7) is -0.0352. The summed E-state index contributed by atoms with van der Waals surface area (Å²) in [7, 11) is 0. The van der Waals surface area contributed by atoms with Gasteiger partial charge in [0, 0.05) is 18.4 Å². The van der Waals surface area contributed by atoms with Crippen molar-refractivity contribution in [2.24, 2.45) is 11.7 Å². The Kier molecular flexibility index (Phi) is 2.40. The van der Waals surface area contributed by atoms with Gasteiger partial charge in [0.25, 0.3) is 0 Å². The maximum atomic E-state index is 11.0. The quantitative estimate of drug-likeness (QED) is 0.528. The molecule has 58 valence electrons. The van der Waals surface area contributed by atoms with Gasteiger partial charge in [0.05, 0.1) is 6.61 Å². The molecular weight excluding hydrogens is 130 g/mol. The number of hydrogen-bond donors (Lipinski definition) is 2. The lowest BCUT2D eigenvalue weighted by molar-refractivity contribution is -0.126. The summed E-state index contributed by atoms with van der Waals surface area (Å²) in [5.41, 5.74) is 5.60. The van der Waals surface area contributed by atoms with E-state index in [1.54, 1.807) is 0 Å². The summed E-state index contributed by atoms with van der Waals surface area (Å²) in [5.74, 6) is -0.00653. The van der Waals surface area contributed by atoms with Gasteiger partial charge in [-0.25, -0.2) is 0 Å². The number of aliphatic hydroxyl groups is 1. The van der Waals surface area contributed by atoms with E-state index >= 15 is 0 Å². The highest BCUT2D eigenvalue weighted by Gasteiger charge is 2.25. The maximum absolute atomic E-state index is 11.0. The number of carbonyl (C=O) groups excluding carboxylic acids is 1. The fraction of sp³-hybridized carbons (Fsp3) is 0.857. The van der Waals surface area contributed by atoms with Crippen LogP contribution in [0.1, 0.15) is 19.3 Å². The van der Waals surface area contributed by atoms with E-state index in [2.05, 4.69) is 0 Å². The highest BCUT2D eigenvalue weighted by Crippen LogP contribution is 2.18. The van der Waals surface area contributed by atoms with Crippen LogP contribution in [-0.2, 0) is 4.79 Å². The smallest absolute Gasteiger partial charge is 0.138 e. The predicted octanol–water partition coefficient (Wildman–Crippen LogP) is -0.325. The van der Waals surface area contributed by atoms with Gasteiger partial charge in [0.15, 0.2) is 0 Å². The Morgan fingerprint density at radius 2 is 2.40 bits per heavy atom. The van der Waals surface area contributed by atoms with Gasteiger partial charge >= 0.3 is 0 Å². The van der Waals surface area contributed by atoms with Crippen molar-refractivity contribution in [3.05, 3.63) is 0 Å². The number of rotatable bonds is 1. The van der Waals surface area contributed by atoms with Crippen molar-refractivity contribution in [1.29, 1.82) is 0 Å². The van der Waals surface area contributed by atoms with Gasteiger partial charge < -0.3 is 10.8 Å². The molecule has 2 atom stereocenters. The minimum Gasteiger partial charge on any atom is -0.396 e. The van der Waals surface area contributed by atoms with Crippen molar-refractivity contribution < 1.29 is 9.90 Å². The molecule has 0 saturated heterocycles. The van der Waals surface area contributed by atoms with Crippen LogP contribution in [0.15, 0.2) is 0 Å². The van der Waals surface area contributed by atoms with Crippen LogP contribution in [0.5, 0.6) is 0 Å². The third kappa shape index (κ3) is 1.55. The number of aliphatic hydroxyl groups excluding tert-OH is 1. The van der Waals surface area contributed by atoms with Gasteiger partial charge in [-0.2, -0.15) is 0 Å². The third-order valence-electron chi connectivity index (χ3n) is 2.02. The summed E-state index contributed by atoms with van der Waals surface area (Å²) in [6.07, 6.45) is 2.00. The fourth-order valence-electron chi connectivity index (χ4n) is 1.32. The lowest BCUT2D eigenvalue weighted by Crippen LogP contribution is -2.35. The number of Topliss-reactive ketones (excluding diaryl/α,β-unsaturated/α-hetero) is 1. The first-order chi connectivity index (χ1) is 4.74. The van der Waals surface area contributed by atoms with Gasteiger partial charge in [-0.05, 0) is 12.8 Å². The molecule has 1 rings (SSSR count). The predicted molar refractivity (Wildman–Crippen MR) is 37.4 cm³/mol. The van der Waals surface area contributed by atoms with Crippen molar-refractivity contribution in [1.82, 2.24) is 0 Å². The van der Waals surface area contributed by atoms with E-state index in [1.807, 2.05) is 0 Å². The van der Waals surface area contributed by atoms with E-state index in [-0.39, 0.29) is 24.3 Å². The van der Waals surface area contributed by atoms with Gasteiger partial charge in [0.1, 0.15) is 5.78 Å². The minimum absolute atomic E-state index is 0.0352. The first kappa shape index (κ1) is 7.69. The monoisotopic (exact) mass is 143 g/mol. The average molecular weight is 143 g/mol. The van der Waals surface area contributed by atoms with Crippen LogP contribution in [0.2, 0.25) is 0 Å². The summed E-state index contributed by atoms with van der Waals surface area (Å²) in [5, 5.41) is 8.70. The van der Waals surface area contributed by atoms with E-state index in [1.165, 1.54) is 0 Å². The van der Waals surface area contributed by atoms with Gasteiger partial charge in [-0.15, -0.1) is 0 Å². The largest absolute Gasteiger partial charge is 0.396 e. The van der Waals surface area contributed by atoms with Crippen LogP contribution in [0.25, 0.3) is 0 Å². The Morgan fingerprint density at radius 3 is 2.90 bits per heavy atom. The molecule has 0 bridgehead atoms. The normalized spacial score (nSPS) is 34.4. The fourth-order valence-corrected chi connectivity index (χ4v) is 1.32. The topological polar surface area (TPSA) is 63.3 Å². The second-order valence-corrected chi connectivity index (χ2v) is 2.88. The second-order valence-electron chi connectivity index (χ2n) is 2.88. The molecule has 10 heavy (non-hydrogen) atoms. The Balaban J connectivity index is 2.45. The van der Waals surface area contributed by atoms with Crippen molar-refractivity contribution in [2.75, 3.05) is 6.61 Å². The van der Waals surface area contributed by atoms with Crippen LogP contribution in [0.3, 0.4) is 0 Å². The molecule has 3 heteroatoms. The molecule has 0 aromatic heterocycles. The first-order valence-electron chi connectivity index (χ1n) is 3.63. The van der Waals surface area contributed by atoms with Crippen molar-refractivity contribution in [3.8, 4) is 0 Å². The Bertz CT molecular complexity index is 136. The lowest BCUT2D eigenvalue weighted by atomic mass is 9.86. The zero-order valence-electron chi connectivity index (χ0n) is 5.92. The molecule has 3 N–H and O–H groups in total. The molecule has 3 nitrogen and oxygen atoms in total. The molecular formula is C7H13NO2. The highest BCUT2D eigenvalue weighted by atomic mass is 16.3. The molecule has 0 aromatic carbocycles. The minimum atomic E-state index is -0.177. The first-order valence-corrected chi connectivity index (χ1v) is 3.63. The molecule has 1 fully saturated rings. The number of nitrogens with two attached hydrogens (primary N) is 1. The SMILES string of the molecule is NC1CCC(=O)C(CO)C1. The molecule has 2 unspecified atom stereocenters. The van der Waals surface area contributed by atoms with Crippen molar-refractivity contribution in [2.45, 2.75) is 25.3 Å². The van der Waals surface area contributed by atoms with E-state index in [4.69, 9.17) is 10.8 Å². The standard InChI is InChI=1S/C7H13NO2/c8-6-1-2-7(10)5(3-6)4-9/h5-6,9H,1-4,8H2. The van der Waals surface area contributed by atoms with Crippen molar-refractivity contribution >= 4 is 5.78 Å². The molecule has 1 aliphatic rings. The Labute approximate surface area is 60.2 Å². The average Bonchev–Trinajstić information content (AvgIpc) is 1.94. The van der Waals surface area contributed by atoms with Crippen LogP contribution in [0.4, 0.5) is 0 Å². The van der Waals surface area contributed by atoms with Crippen LogP contribution >= 0.6 is 0 Å². The van der Waals surface area contributed by atoms with E-state index in [9.17, 15) is 4.79 Å². The summed E-state index contributed by atoms with van der Waals surface area (Å²) in [4.78, 5) is 11.0. The molecule has 0 spiro atoms. The molecule has 1 aliphatic carbocycles.